The predicted octanol–water partition coefficient (Wildman–Crippen LogP) is 3.49. The van der Waals surface area contributed by atoms with Gasteiger partial charge >= 0.3 is 0 Å². The van der Waals surface area contributed by atoms with Crippen LogP contribution in [-0.4, -0.2) is 13.1 Å². The molecule has 0 spiro atoms. The minimum Gasteiger partial charge on any atom is -0.265 e. The second-order valence-corrected chi connectivity index (χ2v) is 9.26. The number of pyridine rings is 1. The van der Waals surface area contributed by atoms with E-state index in [0.29, 0.717) is 0 Å². The van der Waals surface area contributed by atoms with E-state index in [4.69, 9.17) is 0 Å². The average molecular weight is 265 g/mol. The lowest BCUT2D eigenvalue weighted by atomic mass is 10.3. The van der Waals surface area contributed by atoms with E-state index in [-0.39, 0.29) is 0 Å². The third-order valence-electron chi connectivity index (χ3n) is 3.43. The van der Waals surface area contributed by atoms with Crippen LogP contribution in [0.3, 0.4) is 0 Å². The summed E-state index contributed by atoms with van der Waals surface area (Å²) in [6, 6.07) is 7.35. The Balaban J connectivity index is 2.70. The van der Waals surface area contributed by atoms with Crippen LogP contribution in [0.25, 0.3) is 0 Å². The van der Waals surface area contributed by atoms with Crippen molar-refractivity contribution in [1.82, 2.24) is 4.98 Å². The monoisotopic (exact) mass is 265 g/mol. The molecule has 0 amide bonds. The SMILES string of the molecule is CC[Si](C#CC#CC#Cc1ccncc1)(CC)CC. The van der Waals surface area contributed by atoms with Gasteiger partial charge in [0.05, 0.1) is 0 Å². The van der Waals surface area contributed by atoms with E-state index in [2.05, 4.69) is 60.9 Å². The summed E-state index contributed by atoms with van der Waals surface area (Å²) in [4.78, 5) is 3.94. The van der Waals surface area contributed by atoms with Crippen molar-refractivity contribution in [2.24, 2.45) is 0 Å². The highest BCUT2D eigenvalue weighted by molar-refractivity contribution is 6.87. The molecule has 1 heterocycles. The molecule has 0 aromatic carbocycles. The summed E-state index contributed by atoms with van der Waals surface area (Å²) in [5.74, 6) is 14.4. The molecular formula is C17H19NSi. The minimum absolute atomic E-state index is 0.927. The molecule has 1 aromatic heterocycles. The van der Waals surface area contributed by atoms with E-state index in [9.17, 15) is 0 Å². The van der Waals surface area contributed by atoms with Gasteiger partial charge in [-0.05, 0) is 53.9 Å². The molecule has 19 heavy (non-hydrogen) atoms. The highest BCUT2D eigenvalue weighted by atomic mass is 28.3. The van der Waals surface area contributed by atoms with Gasteiger partial charge in [0.2, 0.25) is 0 Å². The van der Waals surface area contributed by atoms with Gasteiger partial charge in [0.1, 0.15) is 8.07 Å². The zero-order valence-corrected chi connectivity index (χ0v) is 12.9. The van der Waals surface area contributed by atoms with Crippen LogP contribution in [0.2, 0.25) is 18.1 Å². The largest absolute Gasteiger partial charge is 0.265 e. The van der Waals surface area contributed by atoms with Crippen LogP contribution in [0.1, 0.15) is 26.3 Å². The Hall–Kier alpha value is -1.95. The molecule has 0 unspecified atom stereocenters. The lowest BCUT2D eigenvalue weighted by molar-refractivity contribution is 1.20. The maximum absolute atomic E-state index is 3.94. The Kier molecular flexibility index (Phi) is 6.52. The van der Waals surface area contributed by atoms with E-state index in [1.54, 1.807) is 12.4 Å². The van der Waals surface area contributed by atoms with Gasteiger partial charge in [0.25, 0.3) is 0 Å². The summed E-state index contributed by atoms with van der Waals surface area (Å²) in [7, 11) is -1.36. The minimum atomic E-state index is -1.36. The predicted molar refractivity (Wildman–Crippen MR) is 83.9 cm³/mol. The van der Waals surface area contributed by atoms with Crippen molar-refractivity contribution >= 4 is 8.07 Å². The molecule has 1 aromatic rings. The molecule has 0 aliphatic heterocycles. The normalized spacial score (nSPS) is 9.21. The molecule has 0 aliphatic carbocycles. The first-order valence-electron chi connectivity index (χ1n) is 6.69. The fraction of sp³-hybridized carbons (Fsp3) is 0.353. The number of nitrogens with zero attached hydrogens (tertiary/aromatic N) is 1. The van der Waals surface area contributed by atoms with Gasteiger partial charge in [-0.1, -0.05) is 26.7 Å². The van der Waals surface area contributed by atoms with Crippen LogP contribution in [0, 0.1) is 35.1 Å². The van der Waals surface area contributed by atoms with Crippen molar-refractivity contribution < 1.29 is 0 Å². The van der Waals surface area contributed by atoms with Crippen LogP contribution in [0.4, 0.5) is 0 Å². The van der Waals surface area contributed by atoms with E-state index in [0.717, 1.165) is 5.56 Å². The summed E-state index contributed by atoms with van der Waals surface area (Å²) in [6.45, 7) is 6.72. The Labute approximate surface area is 117 Å². The summed E-state index contributed by atoms with van der Waals surface area (Å²) >= 11 is 0. The summed E-state index contributed by atoms with van der Waals surface area (Å²) in [6.07, 6.45) is 3.45. The molecule has 1 nitrogen and oxygen atoms in total. The zero-order chi connectivity index (χ0) is 14.0. The van der Waals surface area contributed by atoms with Crippen molar-refractivity contribution in [3.05, 3.63) is 30.1 Å². The molecule has 2 heteroatoms. The zero-order valence-electron chi connectivity index (χ0n) is 11.9. The summed E-state index contributed by atoms with van der Waals surface area (Å²) in [5.41, 5.74) is 4.35. The molecule has 0 N–H and O–H groups in total. The Bertz CT molecular complexity index is 558. The molecular weight excluding hydrogens is 246 g/mol. The van der Waals surface area contributed by atoms with Crippen LogP contribution in [0.5, 0.6) is 0 Å². The number of hydrogen-bond donors (Lipinski definition) is 0. The lowest BCUT2D eigenvalue weighted by Gasteiger charge is -2.19. The topological polar surface area (TPSA) is 12.9 Å². The molecule has 0 aliphatic rings. The number of hydrogen-bond acceptors (Lipinski definition) is 1. The van der Waals surface area contributed by atoms with Crippen LogP contribution in [-0.2, 0) is 0 Å². The first kappa shape index (κ1) is 15.1. The fourth-order valence-corrected chi connectivity index (χ4v) is 4.14. The molecule has 96 valence electrons. The van der Waals surface area contributed by atoms with Crippen molar-refractivity contribution in [3.63, 3.8) is 0 Å². The lowest BCUT2D eigenvalue weighted by Crippen LogP contribution is -2.29. The summed E-state index contributed by atoms with van der Waals surface area (Å²) in [5, 5.41) is 0. The highest BCUT2D eigenvalue weighted by Crippen LogP contribution is 2.18. The van der Waals surface area contributed by atoms with Gasteiger partial charge in [-0.3, -0.25) is 4.98 Å². The van der Waals surface area contributed by atoms with Crippen molar-refractivity contribution in [2.45, 2.75) is 38.9 Å². The van der Waals surface area contributed by atoms with Gasteiger partial charge in [-0.2, -0.15) is 0 Å². The molecule has 0 radical (unpaired) electrons. The van der Waals surface area contributed by atoms with Crippen molar-refractivity contribution in [2.75, 3.05) is 0 Å². The molecule has 0 atom stereocenters. The molecule has 0 saturated carbocycles. The van der Waals surface area contributed by atoms with E-state index < -0.39 is 8.07 Å². The van der Waals surface area contributed by atoms with E-state index in [1.807, 2.05) is 12.1 Å². The molecule has 0 saturated heterocycles. The first-order chi connectivity index (χ1) is 9.26. The van der Waals surface area contributed by atoms with Crippen LogP contribution in [0.15, 0.2) is 24.5 Å². The molecule has 0 bridgehead atoms. The fourth-order valence-electron chi connectivity index (χ4n) is 1.78. The van der Waals surface area contributed by atoms with Crippen molar-refractivity contribution in [3.8, 4) is 35.1 Å². The third kappa shape index (κ3) is 5.05. The number of aromatic nitrogens is 1. The first-order valence-corrected chi connectivity index (χ1v) is 9.31. The standard InChI is InChI=1S/C17H19NSi/c1-4-19(5-2,6-3)16-10-8-7-9-11-17-12-14-18-15-13-17/h12-15H,4-6H2,1-3H3. The molecule has 1 rings (SSSR count). The van der Waals surface area contributed by atoms with E-state index in [1.165, 1.54) is 18.1 Å². The van der Waals surface area contributed by atoms with Gasteiger partial charge in [-0.25, -0.2) is 0 Å². The molecule has 0 fully saturated rings. The number of rotatable bonds is 3. The summed E-state index contributed by atoms with van der Waals surface area (Å²) < 4.78 is 0. The smallest absolute Gasteiger partial charge is 0.139 e. The maximum Gasteiger partial charge on any atom is 0.139 e. The van der Waals surface area contributed by atoms with Gasteiger partial charge in [0.15, 0.2) is 0 Å². The van der Waals surface area contributed by atoms with E-state index >= 15 is 0 Å². The second-order valence-electron chi connectivity index (χ2n) is 4.33. The highest BCUT2D eigenvalue weighted by Gasteiger charge is 2.23. The van der Waals surface area contributed by atoms with Gasteiger partial charge < -0.3 is 0 Å². The van der Waals surface area contributed by atoms with Crippen LogP contribution < -0.4 is 0 Å². The Morgan fingerprint density at radius 3 is 2.05 bits per heavy atom. The van der Waals surface area contributed by atoms with Crippen LogP contribution >= 0.6 is 0 Å². The maximum atomic E-state index is 3.94. The van der Waals surface area contributed by atoms with Gasteiger partial charge in [0, 0.05) is 18.0 Å². The second kappa shape index (κ2) is 8.20. The third-order valence-corrected chi connectivity index (χ3v) is 8.15. The van der Waals surface area contributed by atoms with Gasteiger partial charge in [-0.15, -0.1) is 5.54 Å². The average Bonchev–Trinajstić information content (AvgIpc) is 2.48. The van der Waals surface area contributed by atoms with Crippen molar-refractivity contribution in [1.29, 1.82) is 0 Å². The quantitative estimate of drug-likeness (QED) is 0.602. The Morgan fingerprint density at radius 1 is 0.895 bits per heavy atom. The Morgan fingerprint density at radius 2 is 1.47 bits per heavy atom.